The second-order valence-electron chi connectivity index (χ2n) is 5.06. The van der Waals surface area contributed by atoms with Crippen LogP contribution in [0.5, 0.6) is 0 Å². The Morgan fingerprint density at radius 2 is 1.81 bits per heavy atom. The van der Waals surface area contributed by atoms with Gasteiger partial charge in [-0.2, -0.15) is 0 Å². The Morgan fingerprint density at radius 1 is 1.10 bits per heavy atom. The molecule has 4 nitrogen and oxygen atoms in total. The Morgan fingerprint density at radius 3 is 2.48 bits per heavy atom. The number of nitrogens with two attached hydrogens (primary N) is 1. The molecule has 2 rings (SSSR count). The average molecular weight is 304 g/mol. The minimum absolute atomic E-state index is 0.315. The first kappa shape index (κ1) is 15.5. The van der Waals surface area contributed by atoms with E-state index in [0.717, 1.165) is 29.7 Å². The van der Waals surface area contributed by atoms with Gasteiger partial charge in [0.25, 0.3) is 0 Å². The van der Waals surface area contributed by atoms with Gasteiger partial charge in [0.05, 0.1) is 4.90 Å². The largest absolute Gasteiger partial charge is 0.399 e. The highest BCUT2D eigenvalue weighted by Gasteiger charge is 2.12. The van der Waals surface area contributed by atoms with Crippen molar-refractivity contribution in [3.63, 3.8) is 0 Å². The van der Waals surface area contributed by atoms with Crippen molar-refractivity contribution in [2.45, 2.75) is 24.7 Å². The van der Waals surface area contributed by atoms with Crippen LogP contribution in [0.4, 0.5) is 5.69 Å². The highest BCUT2D eigenvalue weighted by atomic mass is 32.2. The van der Waals surface area contributed by atoms with Crippen LogP contribution >= 0.6 is 0 Å². The van der Waals surface area contributed by atoms with Crippen molar-refractivity contribution in [1.82, 2.24) is 4.72 Å². The zero-order valence-electron chi connectivity index (χ0n) is 12.0. The van der Waals surface area contributed by atoms with E-state index in [-0.39, 0.29) is 0 Å². The first-order chi connectivity index (χ1) is 9.97. The number of anilines is 1. The Hall–Kier alpha value is -1.85. The fraction of sp³-hybridized carbons (Fsp3) is 0.250. The van der Waals surface area contributed by atoms with Crippen LogP contribution in [0, 0.1) is 6.92 Å². The molecule has 0 unspecified atom stereocenters. The van der Waals surface area contributed by atoms with Gasteiger partial charge in [-0.25, -0.2) is 13.1 Å². The minimum Gasteiger partial charge on any atom is -0.399 e. The van der Waals surface area contributed by atoms with Crippen LogP contribution in [-0.2, 0) is 16.4 Å². The minimum atomic E-state index is -3.41. The lowest BCUT2D eigenvalue weighted by molar-refractivity contribution is 0.579. The summed E-state index contributed by atoms with van der Waals surface area (Å²) in [7, 11) is -3.41. The predicted octanol–water partition coefficient (Wildman–Crippen LogP) is 2.49. The van der Waals surface area contributed by atoms with Crippen molar-refractivity contribution in [2.24, 2.45) is 0 Å². The molecule has 0 amide bonds. The lowest BCUT2D eigenvalue weighted by Gasteiger charge is -2.07. The van der Waals surface area contributed by atoms with Crippen LogP contribution in [0.1, 0.15) is 17.5 Å². The molecule has 0 aliphatic rings. The van der Waals surface area contributed by atoms with Gasteiger partial charge in [0, 0.05) is 12.2 Å². The SMILES string of the molecule is Cc1cccc(S(=O)(=O)NCCCc2ccc(N)cc2)c1. The first-order valence-electron chi connectivity index (χ1n) is 6.88. The Kier molecular flexibility index (Phi) is 4.98. The standard InChI is InChI=1S/C16H20N2O2S/c1-13-4-2-6-16(12-13)21(19,20)18-11-3-5-14-7-9-15(17)10-8-14/h2,4,6-10,12,18H,3,5,11,17H2,1H3. The van der Waals surface area contributed by atoms with Crippen LogP contribution in [0.3, 0.4) is 0 Å². The van der Waals surface area contributed by atoms with Crippen molar-refractivity contribution >= 4 is 15.7 Å². The lowest BCUT2D eigenvalue weighted by Crippen LogP contribution is -2.25. The van der Waals surface area contributed by atoms with E-state index in [1.54, 1.807) is 18.2 Å². The van der Waals surface area contributed by atoms with Gasteiger partial charge >= 0.3 is 0 Å². The molecule has 0 radical (unpaired) electrons. The van der Waals surface area contributed by atoms with Crippen molar-refractivity contribution in [2.75, 3.05) is 12.3 Å². The summed E-state index contributed by atoms with van der Waals surface area (Å²) in [5.74, 6) is 0. The molecular formula is C16H20N2O2S. The number of aryl methyl sites for hydroxylation is 2. The zero-order chi connectivity index (χ0) is 15.3. The second-order valence-corrected chi connectivity index (χ2v) is 6.83. The van der Waals surface area contributed by atoms with Crippen molar-refractivity contribution in [3.05, 3.63) is 59.7 Å². The van der Waals surface area contributed by atoms with Gasteiger partial charge in [-0.3, -0.25) is 0 Å². The summed E-state index contributed by atoms with van der Waals surface area (Å²) in [5, 5.41) is 0. The second kappa shape index (κ2) is 6.74. The van der Waals surface area contributed by atoms with Crippen molar-refractivity contribution < 1.29 is 8.42 Å². The molecule has 0 bridgehead atoms. The molecule has 0 saturated carbocycles. The summed E-state index contributed by atoms with van der Waals surface area (Å²) in [4.78, 5) is 0.315. The fourth-order valence-electron chi connectivity index (χ4n) is 2.05. The van der Waals surface area contributed by atoms with Gasteiger partial charge in [-0.1, -0.05) is 24.3 Å². The van der Waals surface area contributed by atoms with Crippen LogP contribution in [-0.4, -0.2) is 15.0 Å². The van der Waals surface area contributed by atoms with E-state index in [9.17, 15) is 8.42 Å². The van der Waals surface area contributed by atoms with Crippen LogP contribution in [0.2, 0.25) is 0 Å². The molecule has 0 aliphatic carbocycles. The number of benzene rings is 2. The zero-order valence-corrected chi connectivity index (χ0v) is 12.9. The first-order valence-corrected chi connectivity index (χ1v) is 8.36. The Balaban J connectivity index is 1.86. The summed E-state index contributed by atoms with van der Waals surface area (Å²) in [6.45, 7) is 2.29. The molecule has 2 aromatic rings. The van der Waals surface area contributed by atoms with Crippen LogP contribution in [0.15, 0.2) is 53.4 Å². The third kappa shape index (κ3) is 4.58. The van der Waals surface area contributed by atoms with E-state index in [2.05, 4.69) is 4.72 Å². The third-order valence-electron chi connectivity index (χ3n) is 3.21. The van der Waals surface area contributed by atoms with E-state index >= 15 is 0 Å². The number of hydrogen-bond donors (Lipinski definition) is 2. The lowest BCUT2D eigenvalue weighted by atomic mass is 10.1. The van der Waals surface area contributed by atoms with Crippen LogP contribution in [0.25, 0.3) is 0 Å². The van der Waals surface area contributed by atoms with Crippen molar-refractivity contribution in [1.29, 1.82) is 0 Å². The van der Waals surface area contributed by atoms with E-state index in [1.165, 1.54) is 0 Å². The molecule has 112 valence electrons. The fourth-order valence-corrected chi connectivity index (χ4v) is 3.23. The van der Waals surface area contributed by atoms with Gasteiger partial charge in [-0.15, -0.1) is 0 Å². The summed E-state index contributed by atoms with van der Waals surface area (Å²) in [6, 6.07) is 14.5. The number of hydrogen-bond acceptors (Lipinski definition) is 3. The third-order valence-corrected chi connectivity index (χ3v) is 4.67. The molecule has 0 spiro atoms. The monoisotopic (exact) mass is 304 g/mol. The van der Waals surface area contributed by atoms with E-state index in [4.69, 9.17) is 5.73 Å². The van der Waals surface area contributed by atoms with Crippen molar-refractivity contribution in [3.8, 4) is 0 Å². The molecule has 3 N–H and O–H groups in total. The maximum Gasteiger partial charge on any atom is 0.240 e. The maximum absolute atomic E-state index is 12.1. The molecule has 0 saturated heterocycles. The summed E-state index contributed by atoms with van der Waals surface area (Å²) in [5.41, 5.74) is 8.44. The van der Waals surface area contributed by atoms with Crippen LogP contribution < -0.4 is 10.5 Å². The molecule has 0 aromatic heterocycles. The van der Waals surface area contributed by atoms with E-state index in [0.29, 0.717) is 11.4 Å². The van der Waals surface area contributed by atoms with E-state index in [1.807, 2.05) is 37.3 Å². The topological polar surface area (TPSA) is 72.2 Å². The van der Waals surface area contributed by atoms with E-state index < -0.39 is 10.0 Å². The number of sulfonamides is 1. The average Bonchev–Trinajstić information content (AvgIpc) is 2.45. The quantitative estimate of drug-likeness (QED) is 0.636. The summed E-state index contributed by atoms with van der Waals surface area (Å²) < 4.78 is 26.9. The maximum atomic E-state index is 12.1. The molecular weight excluding hydrogens is 284 g/mol. The molecule has 0 atom stereocenters. The van der Waals surface area contributed by atoms with Gasteiger partial charge in [-0.05, 0) is 55.2 Å². The van der Waals surface area contributed by atoms with Gasteiger partial charge in [0.2, 0.25) is 10.0 Å². The normalized spacial score (nSPS) is 11.5. The van der Waals surface area contributed by atoms with Gasteiger partial charge in [0.15, 0.2) is 0 Å². The highest BCUT2D eigenvalue weighted by Crippen LogP contribution is 2.11. The Labute approximate surface area is 126 Å². The summed E-state index contributed by atoms with van der Waals surface area (Å²) in [6.07, 6.45) is 1.56. The summed E-state index contributed by atoms with van der Waals surface area (Å²) >= 11 is 0. The Bertz CT molecular complexity index is 694. The van der Waals surface area contributed by atoms with Gasteiger partial charge in [0.1, 0.15) is 0 Å². The molecule has 5 heteroatoms. The highest BCUT2D eigenvalue weighted by molar-refractivity contribution is 7.89. The van der Waals surface area contributed by atoms with Gasteiger partial charge < -0.3 is 5.73 Å². The predicted molar refractivity (Wildman–Crippen MR) is 85.5 cm³/mol. The molecule has 0 heterocycles. The molecule has 0 fully saturated rings. The number of nitrogens with one attached hydrogen (secondary N) is 1. The molecule has 0 aliphatic heterocycles. The molecule has 2 aromatic carbocycles. The number of rotatable bonds is 6. The number of nitrogen functional groups attached to an aromatic ring is 1. The molecule has 21 heavy (non-hydrogen) atoms. The smallest absolute Gasteiger partial charge is 0.240 e.